The largest absolute Gasteiger partial charge is 0.489 e. The van der Waals surface area contributed by atoms with Gasteiger partial charge in [-0.1, -0.05) is 0 Å². The van der Waals surface area contributed by atoms with E-state index in [4.69, 9.17) is 9.47 Å². The van der Waals surface area contributed by atoms with E-state index in [1.54, 1.807) is 6.07 Å². The highest BCUT2D eigenvalue weighted by Crippen LogP contribution is 2.19. The molecular formula is C10H13NO3. The predicted octanol–water partition coefficient (Wildman–Crippen LogP) is 1.69. The summed E-state index contributed by atoms with van der Waals surface area (Å²) in [5.74, 6) is 0.888. The van der Waals surface area contributed by atoms with Gasteiger partial charge in [0.2, 0.25) is 5.88 Å². The molecule has 4 heteroatoms. The van der Waals surface area contributed by atoms with Crippen LogP contribution in [0, 0.1) is 0 Å². The third-order valence-electron chi connectivity index (χ3n) is 1.55. The van der Waals surface area contributed by atoms with Crippen LogP contribution in [0.1, 0.15) is 24.2 Å². The first-order valence-corrected chi connectivity index (χ1v) is 4.33. The predicted molar refractivity (Wildman–Crippen MR) is 51.9 cm³/mol. The summed E-state index contributed by atoms with van der Waals surface area (Å²) in [6, 6.07) is 1.61. The highest BCUT2D eigenvalue weighted by Gasteiger charge is 2.06. The Morgan fingerprint density at radius 3 is 2.71 bits per heavy atom. The third kappa shape index (κ3) is 2.45. The summed E-state index contributed by atoms with van der Waals surface area (Å²) in [5, 5.41) is 0. The number of pyridine rings is 1. The van der Waals surface area contributed by atoms with Crippen molar-refractivity contribution in [2.75, 3.05) is 7.11 Å². The van der Waals surface area contributed by atoms with Gasteiger partial charge in [-0.25, -0.2) is 4.98 Å². The van der Waals surface area contributed by atoms with E-state index in [2.05, 4.69) is 4.98 Å². The van der Waals surface area contributed by atoms with Crippen LogP contribution in [-0.4, -0.2) is 24.5 Å². The molecule has 1 rings (SSSR count). The molecule has 4 nitrogen and oxygen atoms in total. The number of hydrogen-bond acceptors (Lipinski definition) is 4. The molecule has 0 aliphatic heterocycles. The third-order valence-corrected chi connectivity index (χ3v) is 1.55. The molecule has 0 amide bonds. The lowest BCUT2D eigenvalue weighted by Gasteiger charge is -2.10. The van der Waals surface area contributed by atoms with Crippen LogP contribution in [-0.2, 0) is 0 Å². The maximum absolute atomic E-state index is 10.6. The van der Waals surface area contributed by atoms with Crippen LogP contribution in [0.4, 0.5) is 0 Å². The van der Waals surface area contributed by atoms with Crippen molar-refractivity contribution in [3.8, 4) is 11.6 Å². The molecule has 0 radical (unpaired) electrons. The quantitative estimate of drug-likeness (QED) is 0.686. The molecule has 76 valence electrons. The maximum atomic E-state index is 10.6. The van der Waals surface area contributed by atoms with E-state index >= 15 is 0 Å². The summed E-state index contributed by atoms with van der Waals surface area (Å²) in [4.78, 5) is 14.6. The molecule has 1 heterocycles. The molecule has 0 unspecified atom stereocenters. The van der Waals surface area contributed by atoms with Crippen molar-refractivity contribution in [1.82, 2.24) is 4.98 Å². The Bertz CT molecular complexity index is 323. The second kappa shape index (κ2) is 4.60. The van der Waals surface area contributed by atoms with E-state index < -0.39 is 0 Å². The van der Waals surface area contributed by atoms with Gasteiger partial charge in [-0.2, -0.15) is 0 Å². The molecule has 0 saturated carbocycles. The first kappa shape index (κ1) is 10.5. The molecule has 1 aromatic rings. The van der Waals surface area contributed by atoms with Crippen molar-refractivity contribution < 1.29 is 14.3 Å². The van der Waals surface area contributed by atoms with Crippen LogP contribution in [0.3, 0.4) is 0 Å². The number of nitrogens with zero attached hydrogens (tertiary/aromatic N) is 1. The summed E-state index contributed by atoms with van der Waals surface area (Å²) < 4.78 is 10.3. The fourth-order valence-corrected chi connectivity index (χ4v) is 1.04. The van der Waals surface area contributed by atoms with Gasteiger partial charge in [0.05, 0.1) is 25.0 Å². The molecule has 1 aromatic heterocycles. The maximum Gasteiger partial charge on any atom is 0.224 e. The summed E-state index contributed by atoms with van der Waals surface area (Å²) in [5.41, 5.74) is 0.394. The normalized spacial score (nSPS) is 10.0. The lowest BCUT2D eigenvalue weighted by Crippen LogP contribution is -2.06. The highest BCUT2D eigenvalue weighted by atomic mass is 16.5. The van der Waals surface area contributed by atoms with E-state index in [0.717, 1.165) is 0 Å². The van der Waals surface area contributed by atoms with Crippen molar-refractivity contribution in [3.63, 3.8) is 0 Å². The van der Waals surface area contributed by atoms with Gasteiger partial charge in [0, 0.05) is 0 Å². The fourth-order valence-electron chi connectivity index (χ4n) is 1.04. The number of carbonyl (C=O) groups is 1. The molecule has 14 heavy (non-hydrogen) atoms. The molecule has 0 atom stereocenters. The Balaban J connectivity index is 2.95. The molecule has 0 spiro atoms. The average molecular weight is 195 g/mol. The molecule has 0 aliphatic rings. The van der Waals surface area contributed by atoms with Gasteiger partial charge in [-0.15, -0.1) is 0 Å². The van der Waals surface area contributed by atoms with Crippen molar-refractivity contribution in [2.45, 2.75) is 20.0 Å². The minimum atomic E-state index is 0.0599. The first-order valence-electron chi connectivity index (χ1n) is 4.33. The zero-order valence-corrected chi connectivity index (χ0v) is 8.48. The Labute approximate surface area is 82.9 Å². The van der Waals surface area contributed by atoms with Gasteiger partial charge in [-0.3, -0.25) is 4.79 Å². The number of hydrogen-bond donors (Lipinski definition) is 0. The molecule has 0 N–H and O–H groups in total. The summed E-state index contributed by atoms with van der Waals surface area (Å²) in [6.45, 7) is 3.82. The van der Waals surface area contributed by atoms with Crippen LogP contribution < -0.4 is 9.47 Å². The molecule has 0 aromatic carbocycles. The van der Waals surface area contributed by atoms with Gasteiger partial charge < -0.3 is 9.47 Å². The zero-order valence-electron chi connectivity index (χ0n) is 8.48. The lowest BCUT2D eigenvalue weighted by atomic mass is 10.3. The summed E-state index contributed by atoms with van der Waals surface area (Å²) in [6.07, 6.45) is 2.29. The van der Waals surface area contributed by atoms with Crippen molar-refractivity contribution in [3.05, 3.63) is 17.8 Å². The molecule has 0 fully saturated rings. The molecule has 0 saturated heterocycles. The van der Waals surface area contributed by atoms with Crippen LogP contribution in [0.5, 0.6) is 11.6 Å². The minimum Gasteiger partial charge on any atom is -0.489 e. The van der Waals surface area contributed by atoms with Gasteiger partial charge in [0.25, 0.3) is 0 Å². The van der Waals surface area contributed by atoms with Gasteiger partial charge in [-0.05, 0) is 19.9 Å². The monoisotopic (exact) mass is 195 g/mol. The Morgan fingerprint density at radius 1 is 1.50 bits per heavy atom. The second-order valence-corrected chi connectivity index (χ2v) is 3.05. The molecular weight excluding hydrogens is 182 g/mol. The van der Waals surface area contributed by atoms with Crippen LogP contribution >= 0.6 is 0 Å². The van der Waals surface area contributed by atoms with Crippen molar-refractivity contribution in [2.24, 2.45) is 0 Å². The van der Waals surface area contributed by atoms with E-state index in [1.807, 2.05) is 13.8 Å². The number of ether oxygens (including phenoxy) is 2. The van der Waals surface area contributed by atoms with Crippen LogP contribution in [0.2, 0.25) is 0 Å². The standard InChI is InChI=1S/C10H13NO3/c1-7(2)14-9-4-8(6-12)10(13-3)11-5-9/h4-7H,1-3H3. The number of aldehydes is 1. The second-order valence-electron chi connectivity index (χ2n) is 3.05. The lowest BCUT2D eigenvalue weighted by molar-refractivity contribution is 0.111. The number of aromatic nitrogens is 1. The van der Waals surface area contributed by atoms with E-state index in [9.17, 15) is 4.79 Å². The Hall–Kier alpha value is -1.58. The van der Waals surface area contributed by atoms with Crippen LogP contribution in [0.15, 0.2) is 12.3 Å². The highest BCUT2D eigenvalue weighted by molar-refractivity contribution is 5.78. The van der Waals surface area contributed by atoms with Gasteiger partial charge >= 0.3 is 0 Å². The van der Waals surface area contributed by atoms with Crippen molar-refractivity contribution in [1.29, 1.82) is 0 Å². The first-order chi connectivity index (χ1) is 6.67. The van der Waals surface area contributed by atoms with E-state index in [-0.39, 0.29) is 6.10 Å². The fraction of sp³-hybridized carbons (Fsp3) is 0.400. The van der Waals surface area contributed by atoms with Gasteiger partial charge in [0.1, 0.15) is 5.75 Å². The molecule has 0 aliphatic carbocycles. The van der Waals surface area contributed by atoms with E-state index in [1.165, 1.54) is 13.3 Å². The zero-order chi connectivity index (χ0) is 10.6. The van der Waals surface area contributed by atoms with Crippen LogP contribution in [0.25, 0.3) is 0 Å². The van der Waals surface area contributed by atoms with Gasteiger partial charge in [0.15, 0.2) is 6.29 Å². The Morgan fingerprint density at radius 2 is 2.21 bits per heavy atom. The number of carbonyl (C=O) groups excluding carboxylic acids is 1. The smallest absolute Gasteiger partial charge is 0.224 e. The van der Waals surface area contributed by atoms with Crippen molar-refractivity contribution >= 4 is 6.29 Å². The minimum absolute atomic E-state index is 0.0599. The SMILES string of the molecule is COc1ncc(OC(C)C)cc1C=O. The number of methoxy groups -OCH3 is 1. The average Bonchev–Trinajstić information content (AvgIpc) is 2.16. The topological polar surface area (TPSA) is 48.4 Å². The number of rotatable bonds is 4. The van der Waals surface area contributed by atoms with E-state index in [0.29, 0.717) is 23.5 Å². The molecule has 0 bridgehead atoms. The summed E-state index contributed by atoms with van der Waals surface area (Å²) >= 11 is 0. The summed E-state index contributed by atoms with van der Waals surface area (Å²) in [7, 11) is 1.47. The Kier molecular flexibility index (Phi) is 3.45.